The number of rotatable bonds is 5. The Bertz CT molecular complexity index is 1160. The number of nitrogens with zero attached hydrogens (tertiary/aromatic N) is 4. The molecule has 4 rings (SSSR count). The van der Waals surface area contributed by atoms with Crippen LogP contribution in [-0.4, -0.2) is 28.9 Å². The zero-order valence-corrected chi connectivity index (χ0v) is 19.7. The third-order valence-corrected chi connectivity index (χ3v) is 6.24. The van der Waals surface area contributed by atoms with Crippen molar-refractivity contribution in [3.05, 3.63) is 52.5 Å². The molecular formula is C22H21BrN4O3S. The SMILES string of the molecule is CCSc1nc([O-])c2[n+](n1)C(c1cc(Br)ccc1OC)N(C(=O)CC)c1ccccc1-2. The number of para-hydroxylation sites is 1. The highest BCUT2D eigenvalue weighted by atomic mass is 79.9. The molecule has 2 heterocycles. The zero-order chi connectivity index (χ0) is 22.1. The van der Waals surface area contributed by atoms with E-state index >= 15 is 0 Å². The van der Waals surface area contributed by atoms with Crippen molar-refractivity contribution in [2.75, 3.05) is 17.8 Å². The van der Waals surface area contributed by atoms with Crippen molar-refractivity contribution < 1.29 is 19.3 Å². The highest BCUT2D eigenvalue weighted by Gasteiger charge is 2.45. The lowest BCUT2D eigenvalue weighted by Crippen LogP contribution is -2.59. The van der Waals surface area contributed by atoms with E-state index in [2.05, 4.69) is 20.9 Å². The molecule has 160 valence electrons. The lowest BCUT2D eigenvalue weighted by molar-refractivity contribution is -0.764. The minimum Gasteiger partial charge on any atom is -0.854 e. The van der Waals surface area contributed by atoms with Crippen molar-refractivity contribution >= 4 is 39.3 Å². The maximum absolute atomic E-state index is 13.2. The van der Waals surface area contributed by atoms with E-state index in [0.29, 0.717) is 39.8 Å². The van der Waals surface area contributed by atoms with Crippen molar-refractivity contribution in [2.45, 2.75) is 31.6 Å². The summed E-state index contributed by atoms with van der Waals surface area (Å²) in [5.41, 5.74) is 2.35. The predicted molar refractivity (Wildman–Crippen MR) is 120 cm³/mol. The second-order valence-corrected chi connectivity index (χ2v) is 8.97. The van der Waals surface area contributed by atoms with Crippen molar-refractivity contribution in [3.63, 3.8) is 0 Å². The molecule has 1 aliphatic rings. The molecular weight excluding hydrogens is 480 g/mol. The van der Waals surface area contributed by atoms with Gasteiger partial charge in [-0.3, -0.25) is 4.79 Å². The topological polar surface area (TPSA) is 82.3 Å². The van der Waals surface area contributed by atoms with Crippen molar-refractivity contribution in [1.29, 1.82) is 0 Å². The number of thioether (sulfide) groups is 1. The smallest absolute Gasteiger partial charge is 0.296 e. The zero-order valence-electron chi connectivity index (χ0n) is 17.3. The van der Waals surface area contributed by atoms with Crippen molar-refractivity contribution in [3.8, 4) is 22.9 Å². The molecule has 0 radical (unpaired) electrons. The summed E-state index contributed by atoms with van der Waals surface area (Å²) in [7, 11) is 1.58. The summed E-state index contributed by atoms with van der Waals surface area (Å²) < 4.78 is 8.07. The number of carbonyl (C=O) groups is 1. The van der Waals surface area contributed by atoms with Gasteiger partial charge >= 0.3 is 0 Å². The van der Waals surface area contributed by atoms with Gasteiger partial charge in [0.15, 0.2) is 0 Å². The van der Waals surface area contributed by atoms with E-state index < -0.39 is 6.17 Å². The predicted octanol–water partition coefficient (Wildman–Crippen LogP) is 3.69. The Morgan fingerprint density at radius 2 is 2.06 bits per heavy atom. The summed E-state index contributed by atoms with van der Waals surface area (Å²) in [6, 6.07) is 13.0. The van der Waals surface area contributed by atoms with E-state index in [1.54, 1.807) is 16.7 Å². The monoisotopic (exact) mass is 500 g/mol. The standard InChI is InChI=1S/C22H21BrN4O3S/c1-4-18(28)26-16-9-7-6-8-14(16)19-20(29)24-22(31-5-2)25-27(19)21(26)15-12-13(23)10-11-17(15)30-3/h6-12,21H,4-5H2,1-3H3. The van der Waals surface area contributed by atoms with Crippen molar-refractivity contribution in [1.82, 2.24) is 10.1 Å². The summed E-state index contributed by atoms with van der Waals surface area (Å²) in [6.45, 7) is 3.79. The minimum absolute atomic E-state index is 0.0895. The van der Waals surface area contributed by atoms with E-state index in [0.717, 1.165) is 10.2 Å². The molecule has 0 fully saturated rings. The summed E-state index contributed by atoms with van der Waals surface area (Å²) in [5, 5.41) is 18.2. The number of hydrogen-bond acceptors (Lipinski definition) is 6. The number of halogens is 1. The molecule has 1 atom stereocenters. The van der Waals surface area contributed by atoms with E-state index in [4.69, 9.17) is 9.84 Å². The van der Waals surface area contributed by atoms with E-state index in [1.807, 2.05) is 56.3 Å². The number of ether oxygens (including phenoxy) is 1. The first-order chi connectivity index (χ1) is 15.0. The van der Waals surface area contributed by atoms with Gasteiger partial charge < -0.3 is 9.84 Å². The van der Waals surface area contributed by atoms with Crippen LogP contribution in [0, 0.1) is 0 Å². The summed E-state index contributed by atoms with van der Waals surface area (Å²) in [4.78, 5) is 19.1. The van der Waals surface area contributed by atoms with Gasteiger partial charge in [-0.2, -0.15) is 0 Å². The van der Waals surface area contributed by atoms with Crippen molar-refractivity contribution in [2.24, 2.45) is 0 Å². The van der Waals surface area contributed by atoms with Crippen LogP contribution in [0.1, 0.15) is 32.0 Å². The van der Waals surface area contributed by atoms with Gasteiger partial charge in [0.25, 0.3) is 17.0 Å². The maximum atomic E-state index is 13.2. The van der Waals surface area contributed by atoms with E-state index in [1.165, 1.54) is 11.8 Å². The van der Waals surface area contributed by atoms with Gasteiger partial charge in [-0.1, -0.05) is 58.4 Å². The Kier molecular flexibility index (Phi) is 6.15. The van der Waals surface area contributed by atoms with Crippen LogP contribution in [0.25, 0.3) is 11.3 Å². The van der Waals surface area contributed by atoms with Gasteiger partial charge in [0.1, 0.15) is 5.75 Å². The molecule has 2 aromatic carbocycles. The fourth-order valence-corrected chi connectivity index (χ4v) is 4.68. The van der Waals surface area contributed by atoms with Crippen LogP contribution in [0.2, 0.25) is 0 Å². The molecule has 0 N–H and O–H groups in total. The molecule has 1 amide bonds. The Morgan fingerprint density at radius 3 is 2.77 bits per heavy atom. The fourth-order valence-electron chi connectivity index (χ4n) is 3.75. The van der Waals surface area contributed by atoms with E-state index in [-0.39, 0.29) is 11.8 Å². The molecule has 31 heavy (non-hydrogen) atoms. The molecule has 0 bridgehead atoms. The van der Waals surface area contributed by atoms with E-state index in [9.17, 15) is 9.90 Å². The number of anilines is 1. The third kappa shape index (κ3) is 3.76. The second-order valence-electron chi connectivity index (χ2n) is 6.82. The normalized spacial score (nSPS) is 14.7. The van der Waals surface area contributed by atoms with Crippen LogP contribution < -0.4 is 19.4 Å². The third-order valence-electron chi connectivity index (χ3n) is 5.03. The van der Waals surface area contributed by atoms with Gasteiger partial charge in [0.05, 0.1) is 29.8 Å². The van der Waals surface area contributed by atoms with Crippen LogP contribution in [-0.2, 0) is 4.79 Å². The second kappa shape index (κ2) is 8.84. The lowest BCUT2D eigenvalue weighted by Gasteiger charge is -2.33. The Labute approximate surface area is 193 Å². The average Bonchev–Trinajstić information content (AvgIpc) is 2.77. The molecule has 1 aromatic heterocycles. The Balaban J connectivity index is 2.09. The molecule has 3 aromatic rings. The Hall–Kier alpha value is -2.65. The number of fused-ring (bicyclic) bond motifs is 3. The number of amides is 1. The largest absolute Gasteiger partial charge is 0.854 e. The molecule has 0 aliphatic carbocycles. The minimum atomic E-state index is -0.697. The molecule has 9 heteroatoms. The first-order valence-electron chi connectivity index (χ1n) is 9.88. The maximum Gasteiger partial charge on any atom is 0.296 e. The molecule has 0 spiro atoms. The number of aromatic nitrogens is 3. The van der Waals surface area contributed by atoms with Gasteiger partial charge in [-0.05, 0) is 36.1 Å². The first kappa shape index (κ1) is 21.6. The molecule has 0 saturated heterocycles. The molecule has 1 unspecified atom stereocenters. The number of carbonyl (C=O) groups excluding carboxylic acids is 1. The van der Waals surface area contributed by atoms with Crippen LogP contribution in [0.4, 0.5) is 5.69 Å². The van der Waals surface area contributed by atoms with Gasteiger partial charge in [0, 0.05) is 16.0 Å². The number of benzene rings is 2. The Morgan fingerprint density at radius 1 is 1.29 bits per heavy atom. The molecule has 0 saturated carbocycles. The van der Waals surface area contributed by atoms with Crippen LogP contribution >= 0.6 is 27.7 Å². The summed E-state index contributed by atoms with van der Waals surface area (Å²) >= 11 is 4.91. The number of hydrogen-bond donors (Lipinski definition) is 0. The van der Waals surface area contributed by atoms with Crippen LogP contribution in [0.3, 0.4) is 0 Å². The molecule has 1 aliphatic heterocycles. The van der Waals surface area contributed by atoms with Gasteiger partial charge in [-0.15, -0.1) is 0 Å². The summed E-state index contributed by atoms with van der Waals surface area (Å²) in [5.74, 6) is 0.850. The lowest BCUT2D eigenvalue weighted by atomic mass is 10.0. The molecule has 7 nitrogen and oxygen atoms in total. The first-order valence-corrected chi connectivity index (χ1v) is 11.7. The highest BCUT2D eigenvalue weighted by Crippen LogP contribution is 2.43. The number of methoxy groups -OCH3 is 1. The van der Waals surface area contributed by atoms with Crippen LogP contribution in [0.15, 0.2) is 52.1 Å². The summed E-state index contributed by atoms with van der Waals surface area (Å²) in [6.07, 6.45) is -0.403. The van der Waals surface area contributed by atoms with Crippen LogP contribution in [0.5, 0.6) is 11.6 Å². The van der Waals surface area contributed by atoms with Gasteiger partial charge in [-0.25, -0.2) is 9.88 Å². The quantitative estimate of drug-likeness (QED) is 0.392. The highest BCUT2D eigenvalue weighted by molar-refractivity contribution is 9.10. The average molecular weight is 501 g/mol. The fraction of sp³-hybridized carbons (Fsp3) is 0.273. The van der Waals surface area contributed by atoms with Gasteiger partial charge in [0.2, 0.25) is 5.91 Å².